The minimum atomic E-state index is -0.950. The van der Waals surface area contributed by atoms with E-state index in [1.54, 1.807) is 35.1 Å². The number of H-pyrrole nitrogens is 1. The molecule has 4 heterocycles. The van der Waals surface area contributed by atoms with Crippen molar-refractivity contribution in [2.45, 2.75) is 19.6 Å². The number of ether oxygens (including phenoxy) is 1. The number of hydrogen-bond donors (Lipinski definition) is 3. The van der Waals surface area contributed by atoms with Crippen molar-refractivity contribution in [2.75, 3.05) is 32.6 Å². The summed E-state index contributed by atoms with van der Waals surface area (Å²) < 4.78 is 8.53. The zero-order valence-corrected chi connectivity index (χ0v) is 29.0. The largest absolute Gasteiger partial charge is 0.478 e. The summed E-state index contributed by atoms with van der Waals surface area (Å²) in [7, 11) is 3.80. The maximum atomic E-state index is 13.0. The average Bonchev–Trinajstić information content (AvgIpc) is 3.93. The van der Waals surface area contributed by atoms with Crippen LogP contribution in [0.5, 0.6) is 0 Å². The number of pyridine rings is 1. The number of amides is 1. The van der Waals surface area contributed by atoms with Crippen molar-refractivity contribution in [3.8, 4) is 11.1 Å². The van der Waals surface area contributed by atoms with E-state index in [9.17, 15) is 9.59 Å². The molecule has 12 nitrogen and oxygen atoms in total. The van der Waals surface area contributed by atoms with E-state index in [0.717, 1.165) is 46.4 Å². The molecule has 52 heavy (non-hydrogen) atoms. The summed E-state index contributed by atoms with van der Waals surface area (Å²) in [6, 6.07) is 30.3. The van der Waals surface area contributed by atoms with Gasteiger partial charge in [-0.1, -0.05) is 84.9 Å². The molecule has 0 spiro atoms. The van der Waals surface area contributed by atoms with Gasteiger partial charge in [0.05, 0.1) is 48.9 Å². The highest BCUT2D eigenvalue weighted by Crippen LogP contribution is 2.28. The Morgan fingerprint density at radius 2 is 1.42 bits per heavy atom. The molecule has 0 bridgehead atoms. The Hall–Kier alpha value is -6.37. The Morgan fingerprint density at radius 1 is 0.808 bits per heavy atom. The number of methoxy groups -OCH3 is 1. The second-order valence-electron chi connectivity index (χ2n) is 12.3. The molecule has 0 saturated carbocycles. The summed E-state index contributed by atoms with van der Waals surface area (Å²) in [5.41, 5.74) is 7.62. The van der Waals surface area contributed by atoms with Gasteiger partial charge in [0.25, 0.3) is 5.91 Å². The van der Waals surface area contributed by atoms with E-state index in [4.69, 9.17) is 9.84 Å². The number of aromatic amines is 1. The minimum Gasteiger partial charge on any atom is -0.478 e. The zero-order valence-electron chi connectivity index (χ0n) is 29.0. The predicted molar refractivity (Wildman–Crippen MR) is 200 cm³/mol. The summed E-state index contributed by atoms with van der Waals surface area (Å²) in [6.07, 6.45) is 9.84. The molecule has 0 unspecified atom stereocenters. The second kappa shape index (κ2) is 17.0. The maximum Gasteiger partial charge on any atom is 0.338 e. The third-order valence-corrected chi connectivity index (χ3v) is 8.35. The van der Waals surface area contributed by atoms with Gasteiger partial charge in [-0.3, -0.25) is 19.1 Å². The lowest BCUT2D eigenvalue weighted by molar-refractivity contribution is 0.0696. The molecular weight excluding hydrogens is 656 g/mol. The van der Waals surface area contributed by atoms with Crippen molar-refractivity contribution in [1.29, 1.82) is 0 Å². The van der Waals surface area contributed by atoms with Gasteiger partial charge in [0.2, 0.25) is 0 Å². The van der Waals surface area contributed by atoms with E-state index >= 15 is 0 Å². The molecule has 12 heteroatoms. The first-order chi connectivity index (χ1) is 25.3. The van der Waals surface area contributed by atoms with Crippen LogP contribution in [0.15, 0.2) is 128 Å². The molecule has 0 atom stereocenters. The number of aromatic nitrogens is 6. The van der Waals surface area contributed by atoms with Crippen LogP contribution in [0.3, 0.4) is 0 Å². The second-order valence-corrected chi connectivity index (χ2v) is 12.3. The summed E-state index contributed by atoms with van der Waals surface area (Å²) in [5, 5.41) is 20.9. The van der Waals surface area contributed by atoms with Crippen molar-refractivity contribution in [1.82, 2.24) is 34.4 Å². The Bertz CT molecular complexity index is 2210. The Kier molecular flexibility index (Phi) is 11.6. The van der Waals surface area contributed by atoms with Crippen LogP contribution in [-0.2, 0) is 24.4 Å². The molecular formula is C40H40N8O4. The lowest BCUT2D eigenvalue weighted by Crippen LogP contribution is -2.22. The number of carbonyl (C=O) groups excluding carboxylic acids is 1. The molecule has 3 N–H and O–H groups in total. The number of fused-ring (bicyclic) bond motifs is 1. The van der Waals surface area contributed by atoms with Crippen molar-refractivity contribution >= 4 is 28.6 Å². The number of aromatic carboxylic acids is 1. The van der Waals surface area contributed by atoms with Crippen molar-refractivity contribution in [3.63, 3.8) is 0 Å². The highest BCUT2D eigenvalue weighted by atomic mass is 16.5. The minimum absolute atomic E-state index is 0.214. The number of nitrogens with one attached hydrogen (secondary N) is 2. The van der Waals surface area contributed by atoms with Gasteiger partial charge >= 0.3 is 5.97 Å². The summed E-state index contributed by atoms with van der Waals surface area (Å²) in [5.74, 6) is -1.16. The fraction of sp³-hybridized carbons (Fsp3) is 0.175. The van der Waals surface area contributed by atoms with Crippen LogP contribution in [0.2, 0.25) is 0 Å². The maximum absolute atomic E-state index is 13.0. The number of hydrogen-bond acceptors (Lipinski definition) is 7. The van der Waals surface area contributed by atoms with Crippen molar-refractivity contribution in [3.05, 3.63) is 156 Å². The third kappa shape index (κ3) is 9.44. The van der Waals surface area contributed by atoms with Gasteiger partial charge in [0.15, 0.2) is 0 Å². The normalized spacial score (nSPS) is 11.0. The molecule has 0 aliphatic carbocycles. The van der Waals surface area contributed by atoms with E-state index in [2.05, 4.69) is 61.7 Å². The highest BCUT2D eigenvalue weighted by molar-refractivity contribution is 6.08. The first-order valence-electron chi connectivity index (χ1n) is 16.8. The lowest BCUT2D eigenvalue weighted by Gasteiger charge is -2.16. The molecule has 0 saturated heterocycles. The van der Waals surface area contributed by atoms with Gasteiger partial charge in [-0.05, 0) is 35.4 Å². The topological polar surface area (TPSA) is 143 Å². The molecule has 0 aliphatic heterocycles. The van der Waals surface area contributed by atoms with E-state index in [1.807, 2.05) is 72.9 Å². The standard InChI is InChI=1S/C29H30N6O2.C11H10N2O2/c1-34(12-13-37-2)18-22-8-10-23(11-9-22)24-14-26-27(17-31-28(26)30-15-24)33-29(36)25-16-32-35(20-25)19-21-6-4-3-5-7-21;14-11(15)10-6-12-13(8-10)7-9-4-2-1-3-5-9/h3-11,14-17,20H,12-13,18-19H2,1-2H3,(H,30,31)(H,33,36);1-6,8H,7H2,(H,14,15). The first-order valence-corrected chi connectivity index (χ1v) is 16.8. The van der Waals surface area contributed by atoms with Crippen LogP contribution < -0.4 is 5.32 Å². The number of nitrogens with zero attached hydrogens (tertiary/aromatic N) is 6. The highest BCUT2D eigenvalue weighted by Gasteiger charge is 2.14. The van der Waals surface area contributed by atoms with E-state index in [1.165, 1.54) is 18.0 Å². The monoisotopic (exact) mass is 696 g/mol. The number of likely N-dealkylation sites (N-methyl/N-ethyl adjacent to an activating group) is 1. The van der Waals surface area contributed by atoms with Gasteiger partial charge in [-0.15, -0.1) is 0 Å². The third-order valence-electron chi connectivity index (χ3n) is 8.35. The SMILES string of the molecule is COCCN(C)Cc1ccc(-c2cnc3[nH]cc(NC(=O)c4cnn(Cc5ccccc5)c4)c3c2)cc1.O=C(O)c1cnn(Cc2ccccc2)c1. The zero-order chi connectivity index (χ0) is 36.3. The van der Waals surface area contributed by atoms with E-state index in [0.29, 0.717) is 30.9 Å². The number of carboxylic acid groups (broad SMARTS) is 1. The smallest absolute Gasteiger partial charge is 0.338 e. The first kappa shape index (κ1) is 35.5. The quantitative estimate of drug-likeness (QED) is 0.125. The van der Waals surface area contributed by atoms with Gasteiger partial charge < -0.3 is 20.1 Å². The van der Waals surface area contributed by atoms with Crippen molar-refractivity contribution in [2.24, 2.45) is 0 Å². The summed E-state index contributed by atoms with van der Waals surface area (Å²) >= 11 is 0. The fourth-order valence-electron chi connectivity index (χ4n) is 5.57. The van der Waals surface area contributed by atoms with Gasteiger partial charge in [-0.2, -0.15) is 10.2 Å². The van der Waals surface area contributed by atoms with Gasteiger partial charge in [-0.25, -0.2) is 9.78 Å². The Labute approximate surface area is 301 Å². The lowest BCUT2D eigenvalue weighted by atomic mass is 10.0. The molecule has 0 aliphatic rings. The van der Waals surface area contributed by atoms with Crippen LogP contribution >= 0.6 is 0 Å². The molecule has 264 valence electrons. The average molecular weight is 697 g/mol. The van der Waals surface area contributed by atoms with E-state index < -0.39 is 5.97 Å². The molecule has 1 amide bonds. The number of carboxylic acids is 1. The van der Waals surface area contributed by atoms with Crippen LogP contribution in [-0.4, -0.2) is 78.7 Å². The van der Waals surface area contributed by atoms with E-state index in [-0.39, 0.29) is 11.5 Å². The number of benzene rings is 3. The molecule has 7 rings (SSSR count). The van der Waals surface area contributed by atoms with Crippen LogP contribution in [0.25, 0.3) is 22.2 Å². The Balaban J connectivity index is 0.000000258. The fourth-order valence-corrected chi connectivity index (χ4v) is 5.57. The predicted octanol–water partition coefficient (Wildman–Crippen LogP) is 6.43. The molecule has 4 aromatic heterocycles. The number of carbonyl (C=O) groups is 2. The van der Waals surface area contributed by atoms with Crippen LogP contribution in [0, 0.1) is 0 Å². The number of rotatable bonds is 13. The summed E-state index contributed by atoms with van der Waals surface area (Å²) in [6.45, 7) is 3.65. The Morgan fingerprint density at radius 3 is 2.02 bits per heavy atom. The molecule has 0 fully saturated rings. The van der Waals surface area contributed by atoms with Gasteiger partial charge in [0.1, 0.15) is 5.65 Å². The van der Waals surface area contributed by atoms with Gasteiger partial charge in [0, 0.05) is 55.9 Å². The van der Waals surface area contributed by atoms with Crippen molar-refractivity contribution < 1.29 is 19.4 Å². The van der Waals surface area contributed by atoms with Crippen LogP contribution in [0.4, 0.5) is 5.69 Å². The molecule has 7 aromatic rings. The number of anilines is 1. The van der Waals surface area contributed by atoms with Crippen LogP contribution in [0.1, 0.15) is 37.4 Å². The molecule has 3 aromatic carbocycles. The molecule has 0 radical (unpaired) electrons. The summed E-state index contributed by atoms with van der Waals surface area (Å²) in [4.78, 5) is 33.5.